The van der Waals surface area contributed by atoms with Crippen molar-refractivity contribution in [1.82, 2.24) is 10.2 Å². The van der Waals surface area contributed by atoms with Gasteiger partial charge in [0.1, 0.15) is 5.76 Å². The third-order valence-electron chi connectivity index (χ3n) is 4.90. The van der Waals surface area contributed by atoms with Crippen LogP contribution in [0.15, 0.2) is 27.8 Å². The van der Waals surface area contributed by atoms with E-state index in [2.05, 4.69) is 17.1 Å². The number of nitrogens with zero attached hydrogens (tertiary/aromatic N) is 2. The summed E-state index contributed by atoms with van der Waals surface area (Å²) < 4.78 is 16.5. The predicted octanol–water partition coefficient (Wildman–Crippen LogP) is 2.16. The van der Waals surface area contributed by atoms with Crippen LogP contribution in [0, 0.1) is 11.8 Å². The zero-order valence-electron chi connectivity index (χ0n) is 15.3. The van der Waals surface area contributed by atoms with E-state index in [4.69, 9.17) is 18.9 Å². The highest BCUT2D eigenvalue weighted by Gasteiger charge is 2.25. The highest BCUT2D eigenvalue weighted by molar-refractivity contribution is 5.80. The Morgan fingerprint density at radius 2 is 2.36 bits per heavy atom. The number of nitrogens with one attached hydrogen (secondary N) is 1. The molecule has 0 amide bonds. The second-order valence-corrected chi connectivity index (χ2v) is 6.91. The van der Waals surface area contributed by atoms with Crippen molar-refractivity contribution in [2.75, 3.05) is 52.6 Å². The first-order valence-electron chi connectivity index (χ1n) is 9.56. The zero-order chi connectivity index (χ0) is 17.3. The van der Waals surface area contributed by atoms with Crippen LogP contribution in [0.3, 0.4) is 0 Å². The van der Waals surface area contributed by atoms with E-state index in [-0.39, 0.29) is 0 Å². The van der Waals surface area contributed by atoms with E-state index in [0.29, 0.717) is 11.8 Å². The van der Waals surface area contributed by atoms with Gasteiger partial charge >= 0.3 is 0 Å². The van der Waals surface area contributed by atoms with Gasteiger partial charge in [0.25, 0.3) is 0 Å². The molecule has 1 aromatic heterocycles. The molecule has 2 saturated heterocycles. The molecule has 0 spiro atoms. The number of furan rings is 1. The molecule has 0 saturated carbocycles. The monoisotopic (exact) mass is 349 g/mol. The Bertz CT molecular complexity index is 512. The summed E-state index contributed by atoms with van der Waals surface area (Å²) in [5, 5.41) is 3.53. The largest absolute Gasteiger partial charge is 0.469 e. The average Bonchev–Trinajstić information content (AvgIpc) is 3.39. The van der Waals surface area contributed by atoms with Gasteiger partial charge in [-0.15, -0.1) is 0 Å². The van der Waals surface area contributed by atoms with E-state index in [1.165, 1.54) is 6.42 Å². The second-order valence-electron chi connectivity index (χ2n) is 6.91. The molecule has 0 aromatic carbocycles. The van der Waals surface area contributed by atoms with Crippen LogP contribution in [0.4, 0.5) is 0 Å². The van der Waals surface area contributed by atoms with Gasteiger partial charge < -0.3 is 24.1 Å². The molecular formula is C19H31N3O3. The van der Waals surface area contributed by atoms with Crippen LogP contribution in [0.1, 0.15) is 25.5 Å². The third kappa shape index (κ3) is 5.75. The Morgan fingerprint density at radius 1 is 1.40 bits per heavy atom. The molecule has 140 valence electrons. The first kappa shape index (κ1) is 18.3. The highest BCUT2D eigenvalue weighted by Crippen LogP contribution is 2.18. The SMILES string of the molecule is CCOCC1CCN(C(=NCC2CCOC2)NCCc2ccco2)C1. The molecular weight excluding hydrogens is 318 g/mol. The van der Waals surface area contributed by atoms with Crippen molar-refractivity contribution in [3.63, 3.8) is 0 Å². The smallest absolute Gasteiger partial charge is 0.193 e. The molecule has 2 aliphatic rings. The van der Waals surface area contributed by atoms with E-state index in [0.717, 1.165) is 77.2 Å². The average molecular weight is 349 g/mol. The number of rotatable bonds is 8. The maximum absolute atomic E-state index is 5.60. The third-order valence-corrected chi connectivity index (χ3v) is 4.90. The molecule has 0 radical (unpaired) electrons. The Kier molecular flexibility index (Phi) is 7.18. The second kappa shape index (κ2) is 9.82. The summed E-state index contributed by atoms with van der Waals surface area (Å²) in [4.78, 5) is 7.28. The molecule has 2 aliphatic heterocycles. The molecule has 0 bridgehead atoms. The number of hydrogen-bond acceptors (Lipinski definition) is 4. The van der Waals surface area contributed by atoms with Crippen molar-refractivity contribution < 1.29 is 13.9 Å². The Labute approximate surface area is 150 Å². The van der Waals surface area contributed by atoms with Gasteiger partial charge in [0, 0.05) is 57.6 Å². The molecule has 0 aliphatic carbocycles. The van der Waals surface area contributed by atoms with Gasteiger partial charge in [-0.1, -0.05) is 0 Å². The number of aliphatic imine (C=N–C) groups is 1. The highest BCUT2D eigenvalue weighted by atomic mass is 16.5. The number of hydrogen-bond donors (Lipinski definition) is 1. The van der Waals surface area contributed by atoms with Crippen molar-refractivity contribution in [2.24, 2.45) is 16.8 Å². The van der Waals surface area contributed by atoms with Gasteiger partial charge in [-0.25, -0.2) is 0 Å². The fourth-order valence-corrected chi connectivity index (χ4v) is 3.41. The Hall–Kier alpha value is -1.53. The van der Waals surface area contributed by atoms with E-state index in [1.807, 2.05) is 12.1 Å². The maximum Gasteiger partial charge on any atom is 0.193 e. The number of ether oxygens (including phenoxy) is 2. The van der Waals surface area contributed by atoms with Gasteiger partial charge in [-0.3, -0.25) is 4.99 Å². The van der Waals surface area contributed by atoms with Crippen molar-refractivity contribution >= 4 is 5.96 Å². The lowest BCUT2D eigenvalue weighted by atomic mass is 10.1. The summed E-state index contributed by atoms with van der Waals surface area (Å²) in [6, 6.07) is 3.95. The van der Waals surface area contributed by atoms with Crippen molar-refractivity contribution in [3.8, 4) is 0 Å². The molecule has 1 aromatic rings. The normalized spacial score (nSPS) is 24.2. The fourth-order valence-electron chi connectivity index (χ4n) is 3.41. The van der Waals surface area contributed by atoms with Crippen molar-refractivity contribution in [3.05, 3.63) is 24.2 Å². The first-order chi connectivity index (χ1) is 12.3. The molecule has 6 nitrogen and oxygen atoms in total. The van der Waals surface area contributed by atoms with Crippen LogP contribution in [0.2, 0.25) is 0 Å². The van der Waals surface area contributed by atoms with Gasteiger partial charge in [0.2, 0.25) is 0 Å². The maximum atomic E-state index is 5.60. The summed E-state index contributed by atoms with van der Waals surface area (Å²) in [5.41, 5.74) is 0. The lowest BCUT2D eigenvalue weighted by Crippen LogP contribution is -2.41. The van der Waals surface area contributed by atoms with E-state index >= 15 is 0 Å². The van der Waals surface area contributed by atoms with Crippen molar-refractivity contribution in [2.45, 2.75) is 26.2 Å². The number of guanidine groups is 1. The summed E-state index contributed by atoms with van der Waals surface area (Å²) >= 11 is 0. The van der Waals surface area contributed by atoms with Gasteiger partial charge in [-0.2, -0.15) is 0 Å². The van der Waals surface area contributed by atoms with Crippen LogP contribution >= 0.6 is 0 Å². The van der Waals surface area contributed by atoms with Crippen molar-refractivity contribution in [1.29, 1.82) is 0 Å². The summed E-state index contributed by atoms with van der Waals surface area (Å²) in [6.45, 7) is 9.16. The topological polar surface area (TPSA) is 59.2 Å². The molecule has 2 unspecified atom stereocenters. The van der Waals surface area contributed by atoms with E-state index in [9.17, 15) is 0 Å². The fraction of sp³-hybridized carbons (Fsp3) is 0.737. The minimum Gasteiger partial charge on any atom is -0.469 e. The molecule has 2 atom stereocenters. The lowest BCUT2D eigenvalue weighted by molar-refractivity contribution is 0.114. The molecule has 3 heterocycles. The first-order valence-corrected chi connectivity index (χ1v) is 9.56. The molecule has 1 N–H and O–H groups in total. The van der Waals surface area contributed by atoms with E-state index in [1.54, 1.807) is 6.26 Å². The quantitative estimate of drug-likeness (QED) is 0.576. The van der Waals surface area contributed by atoms with Crippen LogP contribution in [-0.4, -0.2) is 63.5 Å². The Morgan fingerprint density at radius 3 is 3.12 bits per heavy atom. The minimum absolute atomic E-state index is 0.559. The standard InChI is InChI=1S/C19H31N3O3/c1-2-23-15-17-6-9-22(13-17)19(21-12-16-7-11-24-14-16)20-8-5-18-4-3-10-25-18/h3-4,10,16-17H,2,5-9,11-15H2,1H3,(H,20,21). The van der Waals surface area contributed by atoms with Crippen LogP contribution in [0.5, 0.6) is 0 Å². The van der Waals surface area contributed by atoms with Gasteiger partial charge in [0.15, 0.2) is 5.96 Å². The molecule has 6 heteroatoms. The minimum atomic E-state index is 0.559. The van der Waals surface area contributed by atoms with Gasteiger partial charge in [-0.05, 0) is 31.9 Å². The molecule has 2 fully saturated rings. The van der Waals surface area contributed by atoms with Crippen LogP contribution in [0.25, 0.3) is 0 Å². The van der Waals surface area contributed by atoms with Gasteiger partial charge in [0.05, 0.1) is 19.5 Å². The lowest BCUT2D eigenvalue weighted by Gasteiger charge is -2.22. The summed E-state index contributed by atoms with van der Waals surface area (Å²) in [7, 11) is 0. The zero-order valence-corrected chi connectivity index (χ0v) is 15.3. The predicted molar refractivity (Wildman–Crippen MR) is 97.8 cm³/mol. The van der Waals surface area contributed by atoms with Crippen LogP contribution in [-0.2, 0) is 15.9 Å². The summed E-state index contributed by atoms with van der Waals surface area (Å²) in [5.74, 6) is 3.19. The van der Waals surface area contributed by atoms with Crippen LogP contribution < -0.4 is 5.32 Å². The van der Waals surface area contributed by atoms with E-state index < -0.39 is 0 Å². The Balaban J connectivity index is 1.52. The number of likely N-dealkylation sites (tertiary alicyclic amines) is 1. The molecule has 25 heavy (non-hydrogen) atoms. The molecule has 3 rings (SSSR count). The summed E-state index contributed by atoms with van der Waals surface area (Å²) in [6.07, 6.45) is 4.89.